The molecule has 0 bridgehead atoms. The van der Waals surface area contributed by atoms with Gasteiger partial charge in [-0.3, -0.25) is 4.79 Å². The fourth-order valence-corrected chi connectivity index (χ4v) is 3.72. The van der Waals surface area contributed by atoms with E-state index in [1.807, 2.05) is 19.1 Å². The highest BCUT2D eigenvalue weighted by atomic mass is 35.5. The first-order chi connectivity index (χ1) is 10.8. The molecule has 122 valence electrons. The van der Waals surface area contributed by atoms with Gasteiger partial charge in [0.25, 0.3) is 0 Å². The highest BCUT2D eigenvalue weighted by Gasteiger charge is 2.12. The van der Waals surface area contributed by atoms with E-state index in [4.69, 9.17) is 11.6 Å². The first-order valence-corrected chi connectivity index (χ1v) is 8.92. The summed E-state index contributed by atoms with van der Waals surface area (Å²) < 4.78 is 0. The number of benzene rings is 2. The van der Waals surface area contributed by atoms with Crippen molar-refractivity contribution in [2.24, 2.45) is 0 Å². The molecule has 0 radical (unpaired) electrons. The second kappa shape index (κ2) is 7.41. The summed E-state index contributed by atoms with van der Waals surface area (Å²) in [5, 5.41) is 3.57. The van der Waals surface area contributed by atoms with Gasteiger partial charge in [-0.2, -0.15) is 0 Å². The van der Waals surface area contributed by atoms with Gasteiger partial charge in [-0.15, -0.1) is 11.8 Å². The van der Waals surface area contributed by atoms with Gasteiger partial charge in [-0.05, 0) is 74.6 Å². The number of nitrogens with one attached hydrogen (secondary N) is 1. The van der Waals surface area contributed by atoms with E-state index in [0.29, 0.717) is 10.8 Å². The molecule has 2 aromatic carbocycles. The van der Waals surface area contributed by atoms with Crippen LogP contribution in [0.25, 0.3) is 0 Å². The van der Waals surface area contributed by atoms with Gasteiger partial charge in [0.2, 0.25) is 5.91 Å². The summed E-state index contributed by atoms with van der Waals surface area (Å²) in [4.78, 5) is 13.5. The lowest BCUT2D eigenvalue weighted by Gasteiger charge is -2.15. The van der Waals surface area contributed by atoms with Gasteiger partial charge in [-0.1, -0.05) is 23.7 Å². The number of anilines is 1. The molecular weight excluding hydrogens is 326 g/mol. The van der Waals surface area contributed by atoms with Crippen LogP contribution < -0.4 is 5.32 Å². The van der Waals surface area contributed by atoms with E-state index in [1.165, 1.54) is 27.1 Å². The monoisotopic (exact) mass is 347 g/mol. The average molecular weight is 348 g/mol. The molecule has 2 rings (SSSR count). The van der Waals surface area contributed by atoms with E-state index >= 15 is 0 Å². The lowest BCUT2D eigenvalue weighted by atomic mass is 10.0. The smallest absolute Gasteiger partial charge is 0.234 e. The quantitative estimate of drug-likeness (QED) is 0.728. The molecule has 0 aliphatic rings. The fraction of sp³-hybridized carbons (Fsp3) is 0.316. The molecule has 4 heteroatoms. The Balaban J connectivity index is 2.10. The van der Waals surface area contributed by atoms with Gasteiger partial charge < -0.3 is 5.32 Å². The molecule has 0 saturated heterocycles. The maximum Gasteiger partial charge on any atom is 0.234 e. The average Bonchev–Trinajstić information content (AvgIpc) is 2.49. The molecule has 1 N–H and O–H groups in total. The molecule has 0 spiro atoms. The van der Waals surface area contributed by atoms with E-state index in [-0.39, 0.29) is 5.91 Å². The topological polar surface area (TPSA) is 29.1 Å². The van der Waals surface area contributed by atoms with Crippen molar-refractivity contribution in [2.45, 2.75) is 39.5 Å². The van der Waals surface area contributed by atoms with Crippen LogP contribution in [0.4, 0.5) is 5.69 Å². The molecule has 0 aliphatic carbocycles. The molecule has 0 fully saturated rings. The number of rotatable bonds is 4. The van der Waals surface area contributed by atoms with Crippen molar-refractivity contribution in [2.75, 3.05) is 11.1 Å². The van der Waals surface area contributed by atoms with Gasteiger partial charge in [-0.25, -0.2) is 0 Å². The van der Waals surface area contributed by atoms with E-state index in [2.05, 4.69) is 39.1 Å². The molecule has 1 amide bonds. The predicted octanol–water partition coefficient (Wildman–Crippen LogP) is 5.61. The van der Waals surface area contributed by atoms with E-state index in [1.54, 1.807) is 17.8 Å². The molecular formula is C19H22ClNOS. The SMILES string of the molecule is Cc1ccc(Cl)cc1NC(=O)CSc1c(C)c(C)cc(C)c1C. The Morgan fingerprint density at radius 1 is 1.00 bits per heavy atom. The van der Waals surface area contributed by atoms with Crippen molar-refractivity contribution in [1.29, 1.82) is 0 Å². The Morgan fingerprint density at radius 3 is 2.22 bits per heavy atom. The number of amides is 1. The summed E-state index contributed by atoms with van der Waals surface area (Å²) >= 11 is 7.59. The second-order valence-corrected chi connectivity index (χ2v) is 7.31. The minimum absolute atomic E-state index is 0.0154. The summed E-state index contributed by atoms with van der Waals surface area (Å²) in [6, 6.07) is 7.71. The summed E-state index contributed by atoms with van der Waals surface area (Å²) in [6.45, 7) is 10.4. The van der Waals surface area contributed by atoms with Gasteiger partial charge in [0.05, 0.1) is 5.75 Å². The van der Waals surface area contributed by atoms with Crippen molar-refractivity contribution in [1.82, 2.24) is 0 Å². The third kappa shape index (κ3) is 4.30. The van der Waals surface area contributed by atoms with Crippen molar-refractivity contribution in [3.05, 3.63) is 57.1 Å². The lowest BCUT2D eigenvalue weighted by Crippen LogP contribution is -2.15. The van der Waals surface area contributed by atoms with Crippen LogP contribution in [0.3, 0.4) is 0 Å². The van der Waals surface area contributed by atoms with E-state index in [0.717, 1.165) is 11.3 Å². The summed E-state index contributed by atoms with van der Waals surface area (Å²) in [5.41, 5.74) is 6.82. The van der Waals surface area contributed by atoms with Crippen LogP contribution in [0.5, 0.6) is 0 Å². The number of aryl methyl sites for hydroxylation is 3. The van der Waals surface area contributed by atoms with E-state index < -0.39 is 0 Å². The normalized spacial score (nSPS) is 10.7. The molecule has 0 atom stereocenters. The van der Waals surface area contributed by atoms with Crippen molar-refractivity contribution >= 4 is 35.0 Å². The number of carbonyl (C=O) groups is 1. The highest BCUT2D eigenvalue weighted by Crippen LogP contribution is 2.31. The molecule has 0 heterocycles. The van der Waals surface area contributed by atoms with Crippen LogP contribution in [-0.2, 0) is 4.79 Å². The Kier molecular flexibility index (Phi) is 5.77. The molecule has 2 aromatic rings. The minimum atomic E-state index is -0.0154. The predicted molar refractivity (Wildman–Crippen MR) is 101 cm³/mol. The Labute approximate surface area is 147 Å². The summed E-state index contributed by atoms with van der Waals surface area (Å²) in [6.07, 6.45) is 0. The maximum atomic E-state index is 12.3. The van der Waals surface area contributed by atoms with Crippen LogP contribution in [-0.4, -0.2) is 11.7 Å². The number of halogens is 1. The van der Waals surface area contributed by atoms with Crippen molar-refractivity contribution in [3.8, 4) is 0 Å². The van der Waals surface area contributed by atoms with E-state index in [9.17, 15) is 4.79 Å². The van der Waals surface area contributed by atoms with Gasteiger partial charge >= 0.3 is 0 Å². The lowest BCUT2D eigenvalue weighted by molar-refractivity contribution is -0.113. The second-order valence-electron chi connectivity index (χ2n) is 5.89. The molecule has 2 nitrogen and oxygen atoms in total. The van der Waals surface area contributed by atoms with Crippen molar-refractivity contribution in [3.63, 3.8) is 0 Å². The summed E-state index contributed by atoms with van der Waals surface area (Å²) in [7, 11) is 0. The number of hydrogen-bond acceptors (Lipinski definition) is 2. The van der Waals surface area contributed by atoms with Crippen LogP contribution in [0, 0.1) is 34.6 Å². The van der Waals surface area contributed by atoms with Crippen LogP contribution in [0.2, 0.25) is 5.02 Å². The molecule has 0 unspecified atom stereocenters. The Morgan fingerprint density at radius 2 is 1.61 bits per heavy atom. The largest absolute Gasteiger partial charge is 0.325 e. The summed E-state index contributed by atoms with van der Waals surface area (Å²) in [5.74, 6) is 0.370. The Bertz CT molecular complexity index is 729. The van der Waals surface area contributed by atoms with Gasteiger partial charge in [0, 0.05) is 15.6 Å². The van der Waals surface area contributed by atoms with Gasteiger partial charge in [0.1, 0.15) is 0 Å². The minimum Gasteiger partial charge on any atom is -0.325 e. The van der Waals surface area contributed by atoms with Crippen LogP contribution in [0.1, 0.15) is 27.8 Å². The first kappa shape index (κ1) is 17.9. The highest BCUT2D eigenvalue weighted by molar-refractivity contribution is 8.00. The maximum absolute atomic E-state index is 12.3. The first-order valence-electron chi connectivity index (χ1n) is 7.55. The molecule has 0 aromatic heterocycles. The Hall–Kier alpha value is -1.45. The zero-order valence-electron chi connectivity index (χ0n) is 14.2. The zero-order chi connectivity index (χ0) is 17.1. The number of carbonyl (C=O) groups excluding carboxylic acids is 1. The standard InChI is InChI=1S/C19H22ClNOS/c1-11-6-7-16(20)9-17(11)21-18(22)10-23-19-14(4)12(2)8-13(3)15(19)5/h6-9H,10H2,1-5H3,(H,21,22). The number of hydrogen-bond donors (Lipinski definition) is 1. The fourth-order valence-electron chi connectivity index (χ4n) is 2.45. The van der Waals surface area contributed by atoms with Crippen LogP contribution in [0.15, 0.2) is 29.2 Å². The third-order valence-electron chi connectivity index (χ3n) is 4.12. The molecule has 0 aliphatic heterocycles. The van der Waals surface area contributed by atoms with Crippen LogP contribution >= 0.6 is 23.4 Å². The molecule has 23 heavy (non-hydrogen) atoms. The van der Waals surface area contributed by atoms with Crippen molar-refractivity contribution < 1.29 is 4.79 Å². The molecule has 0 saturated carbocycles. The third-order valence-corrected chi connectivity index (χ3v) is 5.66. The number of thioether (sulfide) groups is 1. The van der Waals surface area contributed by atoms with Gasteiger partial charge in [0.15, 0.2) is 0 Å². The zero-order valence-corrected chi connectivity index (χ0v) is 15.8.